The second kappa shape index (κ2) is 19.8. The van der Waals surface area contributed by atoms with Crippen LogP contribution in [0.1, 0.15) is 20.7 Å². The van der Waals surface area contributed by atoms with Gasteiger partial charge in [0.25, 0.3) is 52.3 Å². The van der Waals surface area contributed by atoms with E-state index in [1.165, 1.54) is 24.3 Å². The summed E-state index contributed by atoms with van der Waals surface area (Å²) in [7, 11) is -22.5. The lowest BCUT2D eigenvalue weighted by Crippen LogP contribution is -2.13. The van der Waals surface area contributed by atoms with E-state index in [0.717, 1.165) is 69.0 Å². The van der Waals surface area contributed by atoms with E-state index < -0.39 is 137 Å². The predicted molar refractivity (Wildman–Crippen MR) is 260 cm³/mol. The second-order valence-electron chi connectivity index (χ2n) is 15.3. The number of hydrogen-bond donors (Lipinski definition) is 8. The number of sulfone groups is 1. The fourth-order valence-corrected chi connectivity index (χ4v) is 10.1. The lowest BCUT2D eigenvalue weighted by molar-refractivity contribution is 0.101. The molecule has 8 N–H and O–H groups in total. The quantitative estimate of drug-likeness (QED) is 0.0373. The lowest BCUT2D eigenvalue weighted by Gasteiger charge is -2.15. The monoisotopic (exact) mass is 1110 g/mol. The van der Waals surface area contributed by atoms with E-state index in [-0.39, 0.29) is 38.9 Å². The summed E-state index contributed by atoms with van der Waals surface area (Å²) in [5, 5.41) is 41.6. The van der Waals surface area contributed by atoms with Crippen molar-refractivity contribution in [1.29, 1.82) is 0 Å². The van der Waals surface area contributed by atoms with Crippen LogP contribution in [0.5, 0.6) is 23.0 Å². The first kappa shape index (κ1) is 53.8. The maximum atomic E-state index is 13.4. The number of benzene rings is 7. The summed E-state index contributed by atoms with van der Waals surface area (Å²) >= 11 is 0. The molecule has 386 valence electrons. The summed E-state index contributed by atoms with van der Waals surface area (Å²) in [5.41, 5.74) is -3.92. The first-order valence-electron chi connectivity index (χ1n) is 20.1. The number of anilines is 2. The van der Waals surface area contributed by atoms with Gasteiger partial charge in [-0.3, -0.25) is 27.8 Å². The minimum atomic E-state index is -5.41. The van der Waals surface area contributed by atoms with E-state index in [4.69, 9.17) is 9.47 Å². The summed E-state index contributed by atoms with van der Waals surface area (Å²) < 4.78 is 175. The highest BCUT2D eigenvalue weighted by Crippen LogP contribution is 2.49. The number of hydrogen-bond acceptors (Lipinski definition) is 20. The zero-order chi connectivity index (χ0) is 54.5. The molecule has 0 radical (unpaired) electrons. The summed E-state index contributed by atoms with van der Waals surface area (Å²) in [6.45, 7) is 0. The zero-order valence-corrected chi connectivity index (χ0v) is 41.6. The minimum Gasteiger partial charge on any atom is -0.505 e. The number of rotatable bonds is 15. The number of amides is 2. The van der Waals surface area contributed by atoms with Crippen molar-refractivity contribution in [1.82, 2.24) is 0 Å². The highest BCUT2D eigenvalue weighted by Gasteiger charge is 2.29. The van der Waals surface area contributed by atoms with Crippen LogP contribution < -0.4 is 20.1 Å². The molecule has 2 amide bonds. The van der Waals surface area contributed by atoms with Crippen LogP contribution in [-0.2, 0) is 50.3 Å². The molecule has 0 fully saturated rings. The summed E-state index contributed by atoms with van der Waals surface area (Å²) in [5.74, 6) is -4.74. The summed E-state index contributed by atoms with van der Waals surface area (Å²) in [4.78, 5) is 22.3. The van der Waals surface area contributed by atoms with Gasteiger partial charge in [0.1, 0.15) is 44.0 Å². The number of carbonyl (C=O) groups is 2. The van der Waals surface area contributed by atoms with Gasteiger partial charge in [0.2, 0.25) is 0 Å². The van der Waals surface area contributed by atoms with Gasteiger partial charge in [0.05, 0.1) is 40.3 Å². The Labute approximate surface area is 418 Å². The fourth-order valence-electron chi connectivity index (χ4n) is 7.06. The number of phenolic OH excluding ortho intramolecular Hbond substituents is 2. The van der Waals surface area contributed by atoms with Crippen molar-refractivity contribution in [2.24, 2.45) is 20.5 Å². The molecule has 0 aromatic heterocycles. The van der Waals surface area contributed by atoms with Crippen LogP contribution >= 0.6 is 0 Å². The Morgan fingerprint density at radius 1 is 0.473 bits per heavy atom. The van der Waals surface area contributed by atoms with Gasteiger partial charge in [-0.1, -0.05) is 18.2 Å². The molecule has 0 atom stereocenters. The van der Waals surface area contributed by atoms with Crippen molar-refractivity contribution in [3.8, 4) is 23.0 Å². The van der Waals surface area contributed by atoms with Crippen LogP contribution in [0, 0.1) is 0 Å². The Bertz CT molecular complexity index is 4180. The van der Waals surface area contributed by atoms with Crippen LogP contribution in [-0.4, -0.2) is 103 Å². The fraction of sp³-hybridized carbons (Fsp3) is 0.0698. The largest absolute Gasteiger partial charge is 0.505 e. The van der Waals surface area contributed by atoms with Crippen LogP contribution in [0.3, 0.4) is 0 Å². The molecule has 0 aliphatic rings. The van der Waals surface area contributed by atoms with E-state index >= 15 is 0 Å². The van der Waals surface area contributed by atoms with Crippen LogP contribution in [0.4, 0.5) is 34.1 Å². The van der Waals surface area contributed by atoms with Gasteiger partial charge in [-0.15, -0.1) is 20.5 Å². The Morgan fingerprint density at radius 2 is 0.851 bits per heavy atom. The molecule has 7 aromatic carbocycles. The van der Waals surface area contributed by atoms with Gasteiger partial charge < -0.3 is 30.3 Å². The SMILES string of the molecule is COc1cc(N=Nc2c(S(=O)(=O)O)cc3cc(S(=O)(=O)O)cc(NC(=O)c4ccc(S(C)(=O)=O)cc4)c3c2O)c(OC)cc1N=Nc1c(S(=O)(=O)O)cc2cc(S(=O)(=O)O)cc(NC(=O)c3ccccc3)c2c1O. The number of azo groups is 2. The average molecular weight is 1120 g/mol. The number of nitrogens with zero attached hydrogens (tertiary/aromatic N) is 4. The molecular formula is C43H34N6O20S5. The standard InChI is InChI=1S/C43H34N6O20S5/c1-68-32-20-29(47-49-39-35(74(65,66)67)16-24-14-27(72(59,60)61)18-31(37(24)41(39)51)45-43(53)22-9-11-25(12-10-22)70(3,54)55)33(69-2)19-28(32)46-48-38-34(73(62,63)64)15-23-13-26(71(56,57)58)17-30(36(23)40(38)50)44-42(52)21-7-5-4-6-8-21/h4-20,50-51H,1-3H3,(H,44,52)(H,45,53)(H,56,57,58)(H,59,60,61)(H,62,63,64)(H,65,66,67). The molecular weight excluding hydrogens is 1080 g/mol. The first-order valence-corrected chi connectivity index (χ1v) is 27.7. The number of phenols is 2. The molecule has 0 unspecified atom stereocenters. The van der Waals surface area contributed by atoms with Gasteiger partial charge in [-0.05, 0) is 83.6 Å². The highest BCUT2D eigenvalue weighted by molar-refractivity contribution is 7.90. The average Bonchev–Trinajstić information content (AvgIpc) is 3.31. The Morgan fingerprint density at radius 3 is 1.19 bits per heavy atom. The van der Waals surface area contributed by atoms with Crippen molar-refractivity contribution in [3.63, 3.8) is 0 Å². The van der Waals surface area contributed by atoms with Gasteiger partial charge >= 0.3 is 0 Å². The Kier molecular flexibility index (Phi) is 14.4. The van der Waals surface area contributed by atoms with Gasteiger partial charge in [0.15, 0.2) is 21.3 Å². The molecule has 0 saturated carbocycles. The molecule has 0 heterocycles. The maximum Gasteiger partial charge on any atom is 0.296 e. The molecule has 0 aliphatic heterocycles. The molecule has 0 bridgehead atoms. The topological polar surface area (TPSA) is 418 Å². The molecule has 0 aliphatic carbocycles. The Balaban J connectivity index is 1.35. The second-order valence-corrected chi connectivity index (χ2v) is 23.0. The first-order chi connectivity index (χ1) is 34.4. The highest BCUT2D eigenvalue weighted by atomic mass is 32.2. The van der Waals surface area contributed by atoms with Crippen molar-refractivity contribution in [2.75, 3.05) is 31.1 Å². The van der Waals surface area contributed by atoms with Crippen molar-refractivity contribution >= 4 is 118 Å². The lowest BCUT2D eigenvalue weighted by atomic mass is 10.1. The van der Waals surface area contributed by atoms with Crippen LogP contribution in [0.2, 0.25) is 0 Å². The van der Waals surface area contributed by atoms with Crippen molar-refractivity contribution in [3.05, 3.63) is 114 Å². The molecule has 7 aromatic rings. The van der Waals surface area contributed by atoms with Gasteiger partial charge in [-0.2, -0.15) is 33.7 Å². The molecule has 74 heavy (non-hydrogen) atoms. The van der Waals surface area contributed by atoms with Crippen LogP contribution in [0.15, 0.2) is 148 Å². The number of fused-ring (bicyclic) bond motifs is 2. The number of methoxy groups -OCH3 is 2. The van der Waals surface area contributed by atoms with E-state index in [9.17, 15) is 80.1 Å². The van der Waals surface area contributed by atoms with E-state index in [0.29, 0.717) is 24.3 Å². The Hall–Kier alpha value is -8.01. The van der Waals surface area contributed by atoms with Crippen LogP contribution in [0.25, 0.3) is 21.5 Å². The van der Waals surface area contributed by atoms with E-state index in [2.05, 4.69) is 31.1 Å². The van der Waals surface area contributed by atoms with E-state index in [1.807, 2.05) is 0 Å². The van der Waals surface area contributed by atoms with E-state index in [1.54, 1.807) is 6.07 Å². The maximum absolute atomic E-state index is 13.4. The molecule has 7 rings (SSSR count). The number of nitrogens with one attached hydrogen (secondary N) is 2. The summed E-state index contributed by atoms with van der Waals surface area (Å²) in [6, 6.07) is 18.0. The third-order valence-electron chi connectivity index (χ3n) is 10.5. The number of carbonyl (C=O) groups excluding carboxylic acids is 2. The van der Waals surface area contributed by atoms with Crippen molar-refractivity contribution < 1.29 is 89.6 Å². The smallest absolute Gasteiger partial charge is 0.296 e. The third-order valence-corrected chi connectivity index (χ3v) is 15.0. The zero-order valence-electron chi connectivity index (χ0n) is 37.5. The summed E-state index contributed by atoms with van der Waals surface area (Å²) in [6.07, 6.45) is 0.917. The molecule has 26 nitrogen and oxygen atoms in total. The molecule has 31 heteroatoms. The minimum absolute atomic E-state index is 0.0508. The van der Waals surface area contributed by atoms with Gasteiger partial charge in [-0.25, -0.2) is 8.42 Å². The van der Waals surface area contributed by atoms with Gasteiger partial charge in [0, 0.05) is 40.3 Å². The molecule has 0 spiro atoms. The van der Waals surface area contributed by atoms with Crippen molar-refractivity contribution in [2.45, 2.75) is 24.5 Å². The normalized spacial score (nSPS) is 12.6. The third kappa shape index (κ3) is 11.3. The number of aromatic hydroxyl groups is 2. The number of ether oxygens (including phenoxy) is 2. The molecule has 0 saturated heterocycles. The predicted octanol–water partition coefficient (Wildman–Crippen LogP) is 7.15.